The first-order valence-electron chi connectivity index (χ1n) is 14.0. The lowest BCUT2D eigenvalue weighted by Gasteiger charge is -2.14. The summed E-state index contributed by atoms with van der Waals surface area (Å²) < 4.78 is 5.75. The quantitative estimate of drug-likeness (QED) is 0.0857. The second-order valence-corrected chi connectivity index (χ2v) is 9.22. The van der Waals surface area contributed by atoms with Crippen LogP contribution in [0.2, 0.25) is 0 Å². The first kappa shape index (κ1) is 32.2. The zero-order valence-electron chi connectivity index (χ0n) is 22.1. The van der Waals surface area contributed by atoms with Gasteiger partial charge in [0.2, 0.25) is 0 Å². The van der Waals surface area contributed by atoms with Gasteiger partial charge in [-0.25, -0.2) is 0 Å². The lowest BCUT2D eigenvalue weighted by atomic mass is 10.1. The number of aliphatic carboxylic acids is 1. The Hall–Kier alpha value is -1.84. The Bertz CT molecular complexity index is 562. The van der Waals surface area contributed by atoms with E-state index in [9.17, 15) is 9.59 Å². The van der Waals surface area contributed by atoms with E-state index < -0.39 is 5.97 Å². The summed E-state index contributed by atoms with van der Waals surface area (Å²) in [7, 11) is 0. The van der Waals surface area contributed by atoms with E-state index in [1.807, 2.05) is 0 Å². The largest absolute Gasteiger partial charge is 0.481 e. The monoisotopic (exact) mass is 476 g/mol. The molecule has 4 nitrogen and oxygen atoms in total. The molecule has 1 N–H and O–H groups in total. The maximum Gasteiger partial charge on any atom is 0.306 e. The summed E-state index contributed by atoms with van der Waals surface area (Å²) in [5, 5.41) is 8.72. The van der Waals surface area contributed by atoms with Gasteiger partial charge in [0.1, 0.15) is 6.10 Å². The van der Waals surface area contributed by atoms with Crippen molar-refractivity contribution in [3.63, 3.8) is 0 Å². The van der Waals surface area contributed by atoms with Crippen LogP contribution < -0.4 is 0 Å². The first-order valence-corrected chi connectivity index (χ1v) is 14.0. The normalized spacial score (nSPS) is 12.8. The molecule has 0 radical (unpaired) electrons. The summed E-state index contributed by atoms with van der Waals surface area (Å²) in [6, 6.07) is 0. The number of allylic oxidation sites excluding steroid dienone is 5. The Morgan fingerprint density at radius 3 is 2.00 bits per heavy atom. The number of carboxylic acids is 1. The van der Waals surface area contributed by atoms with Crippen LogP contribution in [0.3, 0.4) is 0 Å². The van der Waals surface area contributed by atoms with Crippen molar-refractivity contribution in [2.45, 2.75) is 142 Å². The van der Waals surface area contributed by atoms with Crippen molar-refractivity contribution in [2.24, 2.45) is 0 Å². The fourth-order valence-electron chi connectivity index (χ4n) is 3.70. The Morgan fingerprint density at radius 2 is 1.29 bits per heavy atom. The van der Waals surface area contributed by atoms with Crippen molar-refractivity contribution in [1.29, 1.82) is 0 Å². The molecule has 0 aromatic carbocycles. The molecule has 0 aliphatic rings. The van der Waals surface area contributed by atoms with Crippen molar-refractivity contribution in [1.82, 2.24) is 0 Å². The standard InChI is InChI=1S/C30H52O4/c1-3-5-7-9-10-11-12-13-14-15-16-17-23-27-30(33)34-28(24-20-8-6-4-2)25-21-18-19-22-26-29(31)32/h7,9,11-12,20,24,28H,3-6,8,10,13-19,21-23,25-27H2,1-2H3,(H,31,32)/b9-7-,12-11-,24-20-. The number of ether oxygens (including phenoxy) is 1. The Labute approximate surface area is 209 Å². The molecule has 34 heavy (non-hydrogen) atoms. The molecule has 0 aromatic rings. The van der Waals surface area contributed by atoms with Crippen LogP contribution in [0, 0.1) is 0 Å². The number of carbonyl (C=O) groups is 2. The van der Waals surface area contributed by atoms with Crippen LogP contribution in [0.25, 0.3) is 0 Å². The molecule has 0 saturated carbocycles. The van der Waals surface area contributed by atoms with Gasteiger partial charge in [0.05, 0.1) is 0 Å². The molecule has 1 atom stereocenters. The maximum absolute atomic E-state index is 12.3. The molecule has 0 heterocycles. The fraction of sp³-hybridized carbons (Fsp3) is 0.733. The Morgan fingerprint density at radius 1 is 0.676 bits per heavy atom. The molecule has 0 saturated heterocycles. The highest BCUT2D eigenvalue weighted by molar-refractivity contribution is 5.69. The second-order valence-electron chi connectivity index (χ2n) is 9.22. The summed E-state index contributed by atoms with van der Waals surface area (Å²) in [5.74, 6) is -0.816. The minimum Gasteiger partial charge on any atom is -0.481 e. The summed E-state index contributed by atoms with van der Waals surface area (Å²) in [5.41, 5.74) is 0. The highest BCUT2D eigenvalue weighted by atomic mass is 16.5. The van der Waals surface area contributed by atoms with E-state index in [2.05, 4.69) is 50.3 Å². The Kier molecular flexibility index (Phi) is 24.4. The molecule has 0 bridgehead atoms. The third-order valence-electron chi connectivity index (χ3n) is 5.80. The van der Waals surface area contributed by atoms with E-state index in [-0.39, 0.29) is 18.5 Å². The highest BCUT2D eigenvalue weighted by Crippen LogP contribution is 2.14. The van der Waals surface area contributed by atoms with Crippen molar-refractivity contribution in [3.8, 4) is 0 Å². The van der Waals surface area contributed by atoms with Crippen LogP contribution in [-0.4, -0.2) is 23.1 Å². The average molecular weight is 477 g/mol. The van der Waals surface area contributed by atoms with E-state index in [1.165, 1.54) is 32.1 Å². The lowest BCUT2D eigenvalue weighted by molar-refractivity contribution is -0.147. The number of carbonyl (C=O) groups excluding carboxylic acids is 1. The molecule has 1 unspecified atom stereocenters. The van der Waals surface area contributed by atoms with Gasteiger partial charge in [-0.1, -0.05) is 95.6 Å². The van der Waals surface area contributed by atoms with Gasteiger partial charge in [-0.15, -0.1) is 0 Å². The van der Waals surface area contributed by atoms with Crippen LogP contribution in [0.1, 0.15) is 136 Å². The molecular formula is C30H52O4. The zero-order valence-corrected chi connectivity index (χ0v) is 22.1. The van der Waals surface area contributed by atoms with E-state index in [0.717, 1.165) is 77.0 Å². The summed E-state index contributed by atoms with van der Waals surface area (Å²) in [4.78, 5) is 22.9. The second kappa shape index (κ2) is 25.8. The van der Waals surface area contributed by atoms with Crippen LogP contribution >= 0.6 is 0 Å². The smallest absolute Gasteiger partial charge is 0.306 e. The zero-order chi connectivity index (χ0) is 25.1. The minimum atomic E-state index is -0.728. The van der Waals surface area contributed by atoms with Gasteiger partial charge in [0, 0.05) is 12.8 Å². The van der Waals surface area contributed by atoms with Gasteiger partial charge in [-0.3, -0.25) is 9.59 Å². The number of carboxylic acid groups (broad SMARTS) is 1. The van der Waals surface area contributed by atoms with Crippen LogP contribution in [0.5, 0.6) is 0 Å². The average Bonchev–Trinajstić information content (AvgIpc) is 2.81. The van der Waals surface area contributed by atoms with E-state index in [4.69, 9.17) is 9.84 Å². The molecule has 0 rings (SSSR count). The van der Waals surface area contributed by atoms with Crippen molar-refractivity contribution >= 4 is 11.9 Å². The summed E-state index contributed by atoms with van der Waals surface area (Å²) >= 11 is 0. The number of unbranched alkanes of at least 4 members (excludes halogenated alkanes) is 11. The number of hydrogen-bond acceptors (Lipinski definition) is 3. The predicted molar refractivity (Wildman–Crippen MR) is 144 cm³/mol. The van der Waals surface area contributed by atoms with Gasteiger partial charge in [0.25, 0.3) is 0 Å². The van der Waals surface area contributed by atoms with E-state index in [1.54, 1.807) is 0 Å². The van der Waals surface area contributed by atoms with Crippen LogP contribution in [0.15, 0.2) is 36.5 Å². The van der Waals surface area contributed by atoms with E-state index >= 15 is 0 Å². The minimum absolute atomic E-state index is 0.0879. The summed E-state index contributed by atoms with van der Waals surface area (Å²) in [6.45, 7) is 4.37. The molecule has 0 amide bonds. The van der Waals surface area contributed by atoms with Crippen molar-refractivity contribution in [3.05, 3.63) is 36.5 Å². The van der Waals surface area contributed by atoms with Gasteiger partial charge >= 0.3 is 11.9 Å². The van der Waals surface area contributed by atoms with Gasteiger partial charge in [-0.2, -0.15) is 0 Å². The number of rotatable bonds is 24. The third kappa shape index (κ3) is 24.8. The fourth-order valence-corrected chi connectivity index (χ4v) is 3.70. The third-order valence-corrected chi connectivity index (χ3v) is 5.80. The van der Waals surface area contributed by atoms with E-state index in [0.29, 0.717) is 6.42 Å². The highest BCUT2D eigenvalue weighted by Gasteiger charge is 2.11. The Balaban J connectivity index is 3.95. The molecule has 0 aliphatic heterocycles. The van der Waals surface area contributed by atoms with Crippen LogP contribution in [0.4, 0.5) is 0 Å². The summed E-state index contributed by atoms with van der Waals surface area (Å²) in [6.07, 6.45) is 31.7. The topological polar surface area (TPSA) is 63.6 Å². The first-order chi connectivity index (χ1) is 16.6. The van der Waals surface area contributed by atoms with Gasteiger partial charge in [0.15, 0.2) is 0 Å². The molecule has 0 spiro atoms. The molecule has 0 fully saturated rings. The molecule has 4 heteroatoms. The number of hydrogen-bond donors (Lipinski definition) is 1. The molecule has 0 aromatic heterocycles. The van der Waals surface area contributed by atoms with Crippen molar-refractivity contribution in [2.75, 3.05) is 0 Å². The molecular weight excluding hydrogens is 424 g/mol. The SMILES string of the molecule is CCC/C=C\C/C=C\CCCCCCCC(=O)OC(/C=C\CCCC)CCCCCCC(=O)O. The van der Waals surface area contributed by atoms with Crippen molar-refractivity contribution < 1.29 is 19.4 Å². The van der Waals surface area contributed by atoms with Gasteiger partial charge in [-0.05, 0) is 63.9 Å². The predicted octanol–water partition coefficient (Wildman–Crippen LogP) is 9.10. The van der Waals surface area contributed by atoms with Crippen LogP contribution in [-0.2, 0) is 14.3 Å². The van der Waals surface area contributed by atoms with Gasteiger partial charge < -0.3 is 9.84 Å². The molecule has 196 valence electrons. The maximum atomic E-state index is 12.3. The lowest BCUT2D eigenvalue weighted by Crippen LogP contribution is -2.16. The number of esters is 1. The molecule has 0 aliphatic carbocycles.